The molecule has 174 valence electrons. The van der Waals surface area contributed by atoms with Gasteiger partial charge >= 0.3 is 12.2 Å². The number of alkyl carbamates (subject to hydrolysis) is 1. The normalized spacial score (nSPS) is 11.9. The minimum atomic E-state index is -0.910. The molecule has 1 atom stereocenters. The van der Waals surface area contributed by atoms with Crippen molar-refractivity contribution in [3.05, 3.63) is 23.8 Å². The molecule has 32 heavy (non-hydrogen) atoms. The molecule has 1 aromatic carbocycles. The van der Waals surface area contributed by atoms with Gasteiger partial charge in [-0.25, -0.2) is 9.59 Å². The Kier molecular flexibility index (Phi) is 9.74. The van der Waals surface area contributed by atoms with E-state index in [4.69, 9.17) is 36.5 Å². The van der Waals surface area contributed by atoms with Crippen molar-refractivity contribution < 1.29 is 33.3 Å². The number of benzene rings is 1. The predicted octanol–water partition coefficient (Wildman–Crippen LogP) is 4.23. The molecule has 0 aromatic heterocycles. The van der Waals surface area contributed by atoms with Gasteiger partial charge in [0.15, 0.2) is 11.5 Å². The second-order valence-electron chi connectivity index (χ2n) is 8.65. The molecular weight excluding hydrogens is 414 g/mol. The molecule has 1 rings (SSSR count). The zero-order valence-electron chi connectivity index (χ0n) is 19.4. The number of rotatable bonds is 8. The summed E-state index contributed by atoms with van der Waals surface area (Å²) in [6.07, 6.45) is 8.07. The Labute approximate surface area is 189 Å². The summed E-state index contributed by atoms with van der Waals surface area (Å²) in [5, 5.41) is 2.59. The number of terminal acetylenes is 2. The average molecular weight is 446 g/mol. The molecule has 8 nitrogen and oxygen atoms in total. The maximum atomic E-state index is 12.3. The minimum absolute atomic E-state index is 0.0103. The Morgan fingerprint density at radius 1 is 0.938 bits per heavy atom. The summed E-state index contributed by atoms with van der Waals surface area (Å²) in [6.45, 7) is 10.3. The number of amides is 1. The minimum Gasteiger partial charge on any atom is -0.477 e. The van der Waals surface area contributed by atoms with Gasteiger partial charge in [0.25, 0.3) is 0 Å². The Hall–Kier alpha value is -3.52. The Balaban J connectivity index is 3.15. The van der Waals surface area contributed by atoms with E-state index >= 15 is 0 Å². The molecule has 0 fully saturated rings. The van der Waals surface area contributed by atoms with Gasteiger partial charge in [0, 0.05) is 0 Å². The number of nitrogens with one attached hydrogen (secondary N) is 1. The van der Waals surface area contributed by atoms with Crippen LogP contribution in [0, 0.1) is 24.7 Å². The van der Waals surface area contributed by atoms with E-state index in [1.54, 1.807) is 59.7 Å². The molecule has 1 unspecified atom stereocenters. The maximum absolute atomic E-state index is 12.3. The van der Waals surface area contributed by atoms with Gasteiger partial charge in [-0.3, -0.25) is 0 Å². The first kappa shape index (κ1) is 26.5. The Morgan fingerprint density at radius 2 is 1.50 bits per heavy atom. The molecule has 8 heteroatoms. The molecule has 0 bridgehead atoms. The number of hydrogen-bond donors (Lipinski definition) is 1. The number of ether oxygens (including phenoxy) is 5. The highest BCUT2D eigenvalue weighted by atomic mass is 16.7. The van der Waals surface area contributed by atoms with Gasteiger partial charge in [0.1, 0.15) is 30.5 Å². The summed E-state index contributed by atoms with van der Waals surface area (Å²) in [4.78, 5) is 24.4. The van der Waals surface area contributed by atoms with Crippen LogP contribution in [0.3, 0.4) is 0 Å². The number of hydrogen-bond acceptors (Lipinski definition) is 7. The third kappa shape index (κ3) is 10.5. The van der Waals surface area contributed by atoms with Crippen LogP contribution in [-0.4, -0.2) is 43.2 Å². The first-order chi connectivity index (χ1) is 14.8. The van der Waals surface area contributed by atoms with E-state index in [9.17, 15) is 9.59 Å². The molecule has 0 aliphatic heterocycles. The monoisotopic (exact) mass is 445 g/mol. The van der Waals surface area contributed by atoms with Crippen LogP contribution in [0.15, 0.2) is 18.2 Å². The lowest BCUT2D eigenvalue weighted by atomic mass is 10.1. The van der Waals surface area contributed by atoms with Crippen LogP contribution in [0.2, 0.25) is 0 Å². The van der Waals surface area contributed by atoms with Gasteiger partial charge in [-0.2, -0.15) is 0 Å². The number of carbonyl (C=O) groups excluding carboxylic acids is 2. The highest BCUT2D eigenvalue weighted by molar-refractivity contribution is 5.68. The fraction of sp³-hybridized carbons (Fsp3) is 0.500. The molecule has 0 saturated carbocycles. The van der Waals surface area contributed by atoms with Gasteiger partial charge in [0.2, 0.25) is 0 Å². The van der Waals surface area contributed by atoms with Crippen molar-refractivity contribution in [1.82, 2.24) is 5.32 Å². The molecular formula is C24H31NO7. The Morgan fingerprint density at radius 3 is 2.03 bits per heavy atom. The van der Waals surface area contributed by atoms with Crippen molar-refractivity contribution in [1.29, 1.82) is 0 Å². The zero-order chi connectivity index (χ0) is 24.4. The molecule has 0 heterocycles. The summed E-state index contributed by atoms with van der Waals surface area (Å²) < 4.78 is 27.0. The molecule has 0 aliphatic carbocycles. The second kappa shape index (κ2) is 11.8. The largest absolute Gasteiger partial charge is 0.509 e. The van der Waals surface area contributed by atoms with E-state index in [1.807, 2.05) is 0 Å². The van der Waals surface area contributed by atoms with Crippen molar-refractivity contribution in [3.8, 4) is 36.2 Å². The lowest BCUT2D eigenvalue weighted by molar-refractivity contribution is -0.0281. The quantitative estimate of drug-likeness (QED) is 0.473. The van der Waals surface area contributed by atoms with E-state index in [0.29, 0.717) is 17.1 Å². The second-order valence-corrected chi connectivity index (χ2v) is 8.65. The third-order valence-corrected chi connectivity index (χ3v) is 3.42. The lowest BCUT2D eigenvalue weighted by Gasteiger charge is -2.25. The molecule has 0 aliphatic rings. The van der Waals surface area contributed by atoms with Gasteiger partial charge < -0.3 is 29.0 Å². The van der Waals surface area contributed by atoms with Gasteiger partial charge in [0.05, 0.1) is 6.54 Å². The van der Waals surface area contributed by atoms with E-state index < -0.39 is 29.6 Å². The predicted molar refractivity (Wildman–Crippen MR) is 119 cm³/mol. The summed E-state index contributed by atoms with van der Waals surface area (Å²) in [7, 11) is 0. The van der Waals surface area contributed by atoms with E-state index in [-0.39, 0.29) is 19.8 Å². The molecule has 0 radical (unpaired) electrons. The summed E-state index contributed by atoms with van der Waals surface area (Å²) in [5.74, 6) is 5.43. The molecule has 1 N–H and O–H groups in total. The van der Waals surface area contributed by atoms with Crippen molar-refractivity contribution in [2.24, 2.45) is 0 Å². The summed E-state index contributed by atoms with van der Waals surface area (Å²) >= 11 is 0. The fourth-order valence-corrected chi connectivity index (χ4v) is 2.30. The standard InChI is InChI=1S/C24H31NO7/c1-9-13-28-18-12-11-17(15-19(18)29-14-10-2)20(30-22(27)32-24(6,7)8)16-25-21(26)31-23(3,4)5/h1-2,11-12,15,20H,13-14,16H2,3-8H3,(H,25,26). The van der Waals surface area contributed by atoms with E-state index in [2.05, 4.69) is 17.2 Å². The smallest absolute Gasteiger partial charge is 0.477 e. The van der Waals surface area contributed by atoms with Crippen LogP contribution < -0.4 is 14.8 Å². The van der Waals surface area contributed by atoms with E-state index in [1.165, 1.54) is 0 Å². The van der Waals surface area contributed by atoms with Crippen LogP contribution in [0.25, 0.3) is 0 Å². The van der Waals surface area contributed by atoms with Crippen LogP contribution in [-0.2, 0) is 14.2 Å². The summed E-state index contributed by atoms with van der Waals surface area (Å²) in [5.41, 5.74) is -0.932. The lowest BCUT2D eigenvalue weighted by Crippen LogP contribution is -2.36. The molecule has 1 aromatic rings. The Bertz CT molecular complexity index is 866. The van der Waals surface area contributed by atoms with Gasteiger partial charge in [-0.15, -0.1) is 12.8 Å². The fourth-order valence-electron chi connectivity index (χ4n) is 2.30. The third-order valence-electron chi connectivity index (χ3n) is 3.42. The first-order valence-electron chi connectivity index (χ1n) is 9.97. The number of carbonyl (C=O) groups is 2. The first-order valence-corrected chi connectivity index (χ1v) is 9.97. The topological polar surface area (TPSA) is 92.3 Å². The SMILES string of the molecule is C#CCOc1ccc(C(CNC(=O)OC(C)(C)C)OC(=O)OC(C)(C)C)cc1OCC#C. The molecule has 1 amide bonds. The van der Waals surface area contributed by atoms with Gasteiger partial charge in [-0.05, 0) is 59.2 Å². The van der Waals surface area contributed by atoms with Crippen molar-refractivity contribution in [2.75, 3.05) is 19.8 Å². The van der Waals surface area contributed by atoms with Gasteiger partial charge in [-0.1, -0.05) is 17.9 Å². The van der Waals surface area contributed by atoms with Crippen molar-refractivity contribution >= 4 is 12.2 Å². The van der Waals surface area contributed by atoms with E-state index in [0.717, 1.165) is 0 Å². The van der Waals surface area contributed by atoms with Crippen molar-refractivity contribution in [2.45, 2.75) is 58.8 Å². The molecule has 0 spiro atoms. The zero-order valence-corrected chi connectivity index (χ0v) is 19.4. The summed E-state index contributed by atoms with van der Waals surface area (Å²) in [6, 6.07) is 4.85. The highest BCUT2D eigenvalue weighted by Crippen LogP contribution is 2.32. The van der Waals surface area contributed by atoms with Crippen LogP contribution >= 0.6 is 0 Å². The van der Waals surface area contributed by atoms with Crippen molar-refractivity contribution in [3.63, 3.8) is 0 Å². The maximum Gasteiger partial charge on any atom is 0.509 e. The highest BCUT2D eigenvalue weighted by Gasteiger charge is 2.25. The average Bonchev–Trinajstić information content (AvgIpc) is 2.65. The van der Waals surface area contributed by atoms with Crippen LogP contribution in [0.4, 0.5) is 9.59 Å². The van der Waals surface area contributed by atoms with Crippen LogP contribution in [0.5, 0.6) is 11.5 Å². The molecule has 0 saturated heterocycles. The van der Waals surface area contributed by atoms with Crippen LogP contribution in [0.1, 0.15) is 53.2 Å².